The van der Waals surface area contributed by atoms with Gasteiger partial charge in [0.1, 0.15) is 0 Å². The third-order valence-corrected chi connectivity index (χ3v) is 4.96. The minimum absolute atomic E-state index is 0.0417. The molecule has 0 bridgehead atoms. The number of rotatable bonds is 6. The van der Waals surface area contributed by atoms with Crippen LogP contribution >= 0.6 is 0 Å². The molecule has 2 aromatic rings. The largest absolute Gasteiger partial charge is 0.395 e. The smallest absolute Gasteiger partial charge is 0.233 e. The van der Waals surface area contributed by atoms with Crippen LogP contribution in [0.25, 0.3) is 0 Å². The number of aliphatic hydroxyl groups is 1. The summed E-state index contributed by atoms with van der Waals surface area (Å²) >= 11 is 0. The molecule has 0 saturated carbocycles. The van der Waals surface area contributed by atoms with Crippen LogP contribution in [0, 0.1) is 0 Å². The summed E-state index contributed by atoms with van der Waals surface area (Å²) in [4.78, 5) is 15.4. The molecule has 0 spiro atoms. The fraction of sp³-hybridized carbons (Fsp3) is 0.381. The Kier molecular flexibility index (Phi) is 5.84. The van der Waals surface area contributed by atoms with E-state index in [9.17, 15) is 9.90 Å². The van der Waals surface area contributed by atoms with Gasteiger partial charge in [0, 0.05) is 26.3 Å². The van der Waals surface area contributed by atoms with Crippen molar-refractivity contribution in [2.24, 2.45) is 0 Å². The molecule has 0 radical (unpaired) electrons. The Morgan fingerprint density at radius 2 is 1.60 bits per heavy atom. The van der Waals surface area contributed by atoms with E-state index in [0.29, 0.717) is 39.1 Å². The molecule has 0 aliphatic carbocycles. The topological polar surface area (TPSA) is 49.8 Å². The standard InChI is InChI=1S/C21H25NO3/c23-14-13-22(17-18-7-3-1-4-8-18)20(24)21(11-15-25-16-12-21)19-9-5-2-6-10-19/h1-10,23H,11-17H2. The molecule has 1 aliphatic heterocycles. The highest BCUT2D eigenvalue weighted by Gasteiger charge is 2.43. The lowest BCUT2D eigenvalue weighted by molar-refractivity contribution is -0.142. The van der Waals surface area contributed by atoms with Crippen molar-refractivity contribution in [3.05, 3.63) is 71.8 Å². The molecule has 1 amide bonds. The Hall–Kier alpha value is -2.17. The molecule has 1 heterocycles. The molecule has 25 heavy (non-hydrogen) atoms. The van der Waals surface area contributed by atoms with Gasteiger partial charge in [0.15, 0.2) is 0 Å². The minimum atomic E-state index is -0.566. The van der Waals surface area contributed by atoms with Gasteiger partial charge in [0.25, 0.3) is 0 Å². The lowest BCUT2D eigenvalue weighted by Gasteiger charge is -2.40. The van der Waals surface area contributed by atoms with E-state index in [-0.39, 0.29) is 12.5 Å². The Morgan fingerprint density at radius 1 is 1.00 bits per heavy atom. The number of hydrogen-bond donors (Lipinski definition) is 1. The van der Waals surface area contributed by atoms with Crippen molar-refractivity contribution in [3.63, 3.8) is 0 Å². The van der Waals surface area contributed by atoms with E-state index in [1.54, 1.807) is 4.90 Å². The minimum Gasteiger partial charge on any atom is -0.395 e. The number of amides is 1. The zero-order valence-electron chi connectivity index (χ0n) is 14.4. The van der Waals surface area contributed by atoms with Gasteiger partial charge in [-0.05, 0) is 24.0 Å². The van der Waals surface area contributed by atoms with E-state index in [4.69, 9.17) is 4.74 Å². The molecule has 1 saturated heterocycles. The van der Waals surface area contributed by atoms with Crippen molar-refractivity contribution in [1.82, 2.24) is 4.90 Å². The van der Waals surface area contributed by atoms with Gasteiger partial charge in [-0.1, -0.05) is 60.7 Å². The number of carbonyl (C=O) groups excluding carboxylic acids is 1. The van der Waals surface area contributed by atoms with Crippen molar-refractivity contribution in [3.8, 4) is 0 Å². The van der Waals surface area contributed by atoms with Gasteiger partial charge >= 0.3 is 0 Å². The van der Waals surface area contributed by atoms with Crippen LogP contribution in [0.15, 0.2) is 60.7 Å². The van der Waals surface area contributed by atoms with Crippen molar-refractivity contribution >= 4 is 5.91 Å². The second kappa shape index (κ2) is 8.28. The highest BCUT2D eigenvalue weighted by Crippen LogP contribution is 2.37. The molecule has 1 fully saturated rings. The molecule has 4 nitrogen and oxygen atoms in total. The molecule has 2 aromatic carbocycles. The second-order valence-electron chi connectivity index (χ2n) is 6.50. The van der Waals surface area contributed by atoms with Crippen LogP contribution in [0.1, 0.15) is 24.0 Å². The Bertz CT molecular complexity index is 666. The lowest BCUT2D eigenvalue weighted by Crippen LogP contribution is -2.50. The fourth-order valence-electron chi connectivity index (χ4n) is 3.58. The van der Waals surface area contributed by atoms with E-state index in [2.05, 4.69) is 0 Å². The van der Waals surface area contributed by atoms with Crippen LogP contribution in [0.2, 0.25) is 0 Å². The maximum Gasteiger partial charge on any atom is 0.233 e. The second-order valence-corrected chi connectivity index (χ2v) is 6.50. The molecule has 4 heteroatoms. The van der Waals surface area contributed by atoms with E-state index in [1.807, 2.05) is 60.7 Å². The molecule has 132 valence electrons. The highest BCUT2D eigenvalue weighted by molar-refractivity contribution is 5.88. The third-order valence-electron chi connectivity index (χ3n) is 4.96. The van der Waals surface area contributed by atoms with Gasteiger partial charge in [0.2, 0.25) is 5.91 Å². The predicted molar refractivity (Wildman–Crippen MR) is 97.1 cm³/mol. The summed E-state index contributed by atoms with van der Waals surface area (Å²) in [7, 11) is 0. The Morgan fingerprint density at radius 3 is 2.20 bits per heavy atom. The monoisotopic (exact) mass is 339 g/mol. The summed E-state index contributed by atoms with van der Waals surface area (Å²) in [5.74, 6) is 0.0832. The number of aliphatic hydroxyl groups excluding tert-OH is 1. The first kappa shape index (κ1) is 17.6. The van der Waals surface area contributed by atoms with Gasteiger partial charge in [-0.15, -0.1) is 0 Å². The molecule has 0 atom stereocenters. The quantitative estimate of drug-likeness (QED) is 0.880. The maximum atomic E-state index is 13.6. The van der Waals surface area contributed by atoms with Crippen molar-refractivity contribution < 1.29 is 14.6 Å². The maximum absolute atomic E-state index is 13.6. The summed E-state index contributed by atoms with van der Waals surface area (Å²) in [6, 6.07) is 19.9. The first-order chi connectivity index (χ1) is 12.3. The first-order valence-electron chi connectivity index (χ1n) is 8.84. The molecular weight excluding hydrogens is 314 g/mol. The van der Waals surface area contributed by atoms with Crippen molar-refractivity contribution in [2.45, 2.75) is 24.8 Å². The molecule has 1 N–H and O–H groups in total. The summed E-state index contributed by atoms with van der Waals surface area (Å²) < 4.78 is 5.53. The van der Waals surface area contributed by atoms with E-state index in [1.165, 1.54) is 0 Å². The van der Waals surface area contributed by atoms with Crippen LogP contribution in [0.3, 0.4) is 0 Å². The lowest BCUT2D eigenvalue weighted by atomic mass is 9.73. The Labute approximate surface area is 149 Å². The number of carbonyl (C=O) groups is 1. The normalized spacial score (nSPS) is 16.4. The van der Waals surface area contributed by atoms with Gasteiger partial charge < -0.3 is 14.7 Å². The zero-order valence-corrected chi connectivity index (χ0v) is 14.4. The van der Waals surface area contributed by atoms with Crippen LogP contribution in [-0.4, -0.2) is 42.3 Å². The zero-order chi connectivity index (χ0) is 17.5. The number of ether oxygens (including phenoxy) is 1. The number of nitrogens with zero attached hydrogens (tertiary/aromatic N) is 1. The van der Waals surface area contributed by atoms with Gasteiger partial charge in [-0.2, -0.15) is 0 Å². The van der Waals surface area contributed by atoms with Crippen LogP contribution < -0.4 is 0 Å². The van der Waals surface area contributed by atoms with Crippen LogP contribution in [-0.2, 0) is 21.5 Å². The highest BCUT2D eigenvalue weighted by atomic mass is 16.5. The van der Waals surface area contributed by atoms with Crippen LogP contribution in [0.5, 0.6) is 0 Å². The molecule has 1 aliphatic rings. The summed E-state index contributed by atoms with van der Waals surface area (Å²) in [5, 5.41) is 9.50. The fourth-order valence-corrected chi connectivity index (χ4v) is 3.58. The summed E-state index contributed by atoms with van der Waals surface area (Å²) in [6.07, 6.45) is 1.35. The average molecular weight is 339 g/mol. The SMILES string of the molecule is O=C(N(CCO)Cc1ccccc1)C1(c2ccccc2)CCOCC1. The summed E-state index contributed by atoms with van der Waals surface area (Å²) in [6.45, 7) is 1.97. The Balaban J connectivity index is 1.91. The third kappa shape index (κ3) is 3.91. The average Bonchev–Trinajstić information content (AvgIpc) is 2.69. The summed E-state index contributed by atoms with van der Waals surface area (Å²) in [5.41, 5.74) is 1.54. The van der Waals surface area contributed by atoms with E-state index >= 15 is 0 Å². The van der Waals surface area contributed by atoms with Gasteiger partial charge in [0.05, 0.1) is 12.0 Å². The van der Waals surface area contributed by atoms with E-state index in [0.717, 1.165) is 11.1 Å². The molecule has 0 unspecified atom stereocenters. The van der Waals surface area contributed by atoms with Crippen molar-refractivity contribution in [2.75, 3.05) is 26.4 Å². The number of hydrogen-bond acceptors (Lipinski definition) is 3. The number of benzene rings is 2. The van der Waals surface area contributed by atoms with Crippen molar-refractivity contribution in [1.29, 1.82) is 0 Å². The molecule has 3 rings (SSSR count). The molecule has 0 aromatic heterocycles. The predicted octanol–water partition coefficient (Wildman–Crippen LogP) is 2.76. The first-order valence-corrected chi connectivity index (χ1v) is 8.84. The molecular formula is C21H25NO3. The van der Waals surface area contributed by atoms with Gasteiger partial charge in [-0.3, -0.25) is 4.79 Å². The van der Waals surface area contributed by atoms with Gasteiger partial charge in [-0.25, -0.2) is 0 Å². The van der Waals surface area contributed by atoms with Crippen LogP contribution in [0.4, 0.5) is 0 Å². The van der Waals surface area contributed by atoms with E-state index < -0.39 is 5.41 Å².